The number of tetrazole rings is 1. The largest absolute Gasteiger partial charge is 0.373 e. The molecule has 0 spiro atoms. The lowest BCUT2D eigenvalue weighted by molar-refractivity contribution is 0.309. The molecule has 1 saturated carbocycles. The van der Waals surface area contributed by atoms with Crippen LogP contribution in [0.5, 0.6) is 0 Å². The third-order valence-corrected chi connectivity index (χ3v) is 5.55. The van der Waals surface area contributed by atoms with Gasteiger partial charge in [0.05, 0.1) is 11.2 Å². The molecule has 1 fully saturated rings. The van der Waals surface area contributed by atoms with Gasteiger partial charge in [0.15, 0.2) is 5.82 Å². The van der Waals surface area contributed by atoms with E-state index in [1.807, 2.05) is 16.8 Å². The normalized spacial score (nSPS) is 16.3. The number of rotatable bonds is 4. The molecule has 1 aliphatic rings. The predicted molar refractivity (Wildman–Crippen MR) is 108 cm³/mol. The van der Waals surface area contributed by atoms with E-state index in [0.29, 0.717) is 0 Å². The highest BCUT2D eigenvalue weighted by atomic mass is 15.6. The molecule has 0 bridgehead atoms. The zero-order valence-corrected chi connectivity index (χ0v) is 16.4. The molecule has 0 radical (unpaired) electrons. The summed E-state index contributed by atoms with van der Waals surface area (Å²) in [7, 11) is 0. The Morgan fingerprint density at radius 1 is 0.926 bits per heavy atom. The van der Waals surface area contributed by atoms with Crippen molar-refractivity contribution in [3.63, 3.8) is 0 Å². The van der Waals surface area contributed by atoms with Gasteiger partial charge in [-0.05, 0) is 78.9 Å². The van der Waals surface area contributed by atoms with E-state index in [9.17, 15) is 0 Å². The Bertz CT molecular complexity index is 917. The SMILES string of the molecule is Cc1cc(C)cc(NC2(c3nnnn3-c3ccccc3C)CCCCC2)c1. The fraction of sp³-hybridized carbons (Fsp3) is 0.409. The highest BCUT2D eigenvalue weighted by Gasteiger charge is 2.39. The lowest BCUT2D eigenvalue weighted by Crippen LogP contribution is -2.40. The Balaban J connectivity index is 1.80. The number of hydrogen-bond acceptors (Lipinski definition) is 4. The van der Waals surface area contributed by atoms with Crippen LogP contribution in [0.15, 0.2) is 42.5 Å². The minimum atomic E-state index is -0.246. The van der Waals surface area contributed by atoms with E-state index in [1.165, 1.54) is 36.0 Å². The van der Waals surface area contributed by atoms with Gasteiger partial charge in [-0.2, -0.15) is 4.68 Å². The van der Waals surface area contributed by atoms with Gasteiger partial charge < -0.3 is 5.32 Å². The minimum absolute atomic E-state index is 0.246. The number of para-hydroxylation sites is 1. The first-order chi connectivity index (χ1) is 13.1. The van der Waals surface area contributed by atoms with Crippen LogP contribution < -0.4 is 5.32 Å². The molecule has 5 heteroatoms. The Hall–Kier alpha value is -2.69. The number of benzene rings is 2. The summed E-state index contributed by atoms with van der Waals surface area (Å²) in [5.41, 5.74) is 5.65. The maximum Gasteiger partial charge on any atom is 0.181 e. The first kappa shape index (κ1) is 17.7. The lowest BCUT2D eigenvalue weighted by Gasteiger charge is -2.38. The summed E-state index contributed by atoms with van der Waals surface area (Å²) in [5, 5.41) is 16.8. The maximum atomic E-state index is 4.51. The molecule has 2 aromatic carbocycles. The van der Waals surface area contributed by atoms with Crippen LogP contribution in [0.25, 0.3) is 5.69 Å². The van der Waals surface area contributed by atoms with Gasteiger partial charge in [0.25, 0.3) is 0 Å². The summed E-state index contributed by atoms with van der Waals surface area (Å²) >= 11 is 0. The van der Waals surface area contributed by atoms with E-state index < -0.39 is 0 Å². The van der Waals surface area contributed by atoms with Crippen molar-refractivity contribution >= 4 is 5.69 Å². The topological polar surface area (TPSA) is 55.6 Å². The fourth-order valence-corrected chi connectivity index (χ4v) is 4.33. The summed E-state index contributed by atoms with van der Waals surface area (Å²) in [4.78, 5) is 0. The Morgan fingerprint density at radius 3 is 2.33 bits per heavy atom. The summed E-state index contributed by atoms with van der Waals surface area (Å²) in [6.07, 6.45) is 5.69. The second kappa shape index (κ2) is 7.14. The van der Waals surface area contributed by atoms with Crippen molar-refractivity contribution in [3.8, 4) is 5.69 Å². The molecule has 1 N–H and O–H groups in total. The van der Waals surface area contributed by atoms with E-state index in [-0.39, 0.29) is 5.54 Å². The van der Waals surface area contributed by atoms with Gasteiger partial charge in [-0.3, -0.25) is 0 Å². The van der Waals surface area contributed by atoms with E-state index in [4.69, 9.17) is 0 Å². The number of aryl methyl sites for hydroxylation is 3. The third kappa shape index (κ3) is 3.46. The van der Waals surface area contributed by atoms with Crippen molar-refractivity contribution in [3.05, 3.63) is 65.0 Å². The van der Waals surface area contributed by atoms with Crippen LogP contribution in [0.4, 0.5) is 5.69 Å². The number of hydrogen-bond donors (Lipinski definition) is 1. The fourth-order valence-electron chi connectivity index (χ4n) is 4.33. The van der Waals surface area contributed by atoms with E-state index in [0.717, 1.165) is 30.0 Å². The molecule has 1 aromatic heterocycles. The molecule has 3 aromatic rings. The van der Waals surface area contributed by atoms with Gasteiger partial charge in [-0.1, -0.05) is 43.5 Å². The zero-order valence-electron chi connectivity index (χ0n) is 16.4. The second-order valence-electron chi connectivity index (χ2n) is 7.84. The van der Waals surface area contributed by atoms with Crippen LogP contribution in [0.1, 0.15) is 54.6 Å². The van der Waals surface area contributed by atoms with Crippen molar-refractivity contribution in [1.82, 2.24) is 20.2 Å². The number of anilines is 1. The van der Waals surface area contributed by atoms with E-state index in [1.54, 1.807) is 0 Å². The number of aromatic nitrogens is 4. The molecule has 0 saturated heterocycles. The van der Waals surface area contributed by atoms with Crippen LogP contribution in [-0.2, 0) is 5.54 Å². The van der Waals surface area contributed by atoms with Crippen molar-refractivity contribution in [2.75, 3.05) is 5.32 Å². The maximum absolute atomic E-state index is 4.51. The quantitative estimate of drug-likeness (QED) is 0.721. The lowest BCUT2D eigenvalue weighted by atomic mass is 9.80. The van der Waals surface area contributed by atoms with Gasteiger partial charge in [0.2, 0.25) is 0 Å². The first-order valence-corrected chi connectivity index (χ1v) is 9.79. The Labute approximate surface area is 160 Å². The molecule has 0 amide bonds. The summed E-state index contributed by atoms with van der Waals surface area (Å²) in [6.45, 7) is 6.39. The zero-order chi connectivity index (χ0) is 18.9. The van der Waals surface area contributed by atoms with Crippen LogP contribution >= 0.6 is 0 Å². The molecule has 0 aliphatic heterocycles. The van der Waals surface area contributed by atoms with Gasteiger partial charge in [-0.25, -0.2) is 0 Å². The number of nitrogens with zero attached hydrogens (tertiary/aromatic N) is 4. The molecule has 0 atom stereocenters. The summed E-state index contributed by atoms with van der Waals surface area (Å²) in [6, 6.07) is 14.9. The van der Waals surface area contributed by atoms with Crippen molar-refractivity contribution in [2.45, 2.75) is 58.4 Å². The summed E-state index contributed by atoms with van der Waals surface area (Å²) in [5.74, 6) is 0.913. The molecule has 1 aliphatic carbocycles. The third-order valence-electron chi connectivity index (χ3n) is 5.55. The Morgan fingerprint density at radius 2 is 1.63 bits per heavy atom. The molecule has 1 heterocycles. The average molecular weight is 361 g/mol. The second-order valence-corrected chi connectivity index (χ2v) is 7.84. The highest BCUT2D eigenvalue weighted by Crippen LogP contribution is 2.40. The Kier molecular flexibility index (Phi) is 4.68. The van der Waals surface area contributed by atoms with Crippen molar-refractivity contribution in [2.24, 2.45) is 0 Å². The van der Waals surface area contributed by atoms with Gasteiger partial charge in [0.1, 0.15) is 0 Å². The van der Waals surface area contributed by atoms with Gasteiger partial charge in [0, 0.05) is 5.69 Å². The van der Waals surface area contributed by atoms with E-state index in [2.05, 4.69) is 71.9 Å². The molecule has 0 unspecified atom stereocenters. The van der Waals surface area contributed by atoms with E-state index >= 15 is 0 Å². The molecular weight excluding hydrogens is 334 g/mol. The monoisotopic (exact) mass is 361 g/mol. The smallest absolute Gasteiger partial charge is 0.181 e. The summed E-state index contributed by atoms with van der Waals surface area (Å²) < 4.78 is 1.93. The molecule has 140 valence electrons. The minimum Gasteiger partial charge on any atom is -0.373 e. The predicted octanol–water partition coefficient (Wildman–Crippen LogP) is 4.86. The molecule has 27 heavy (non-hydrogen) atoms. The molecular formula is C22H27N5. The van der Waals surface area contributed by atoms with Gasteiger partial charge in [-0.15, -0.1) is 5.10 Å². The molecule has 4 rings (SSSR count). The van der Waals surface area contributed by atoms with Crippen LogP contribution in [0, 0.1) is 20.8 Å². The first-order valence-electron chi connectivity index (χ1n) is 9.79. The number of nitrogens with one attached hydrogen (secondary N) is 1. The van der Waals surface area contributed by atoms with Crippen LogP contribution in [-0.4, -0.2) is 20.2 Å². The average Bonchev–Trinajstić information content (AvgIpc) is 3.12. The molecule has 5 nitrogen and oxygen atoms in total. The standard InChI is InChI=1S/C22H27N5/c1-16-13-17(2)15-19(14-16)23-22(11-7-4-8-12-22)21-24-25-26-27(21)20-10-6-5-9-18(20)3/h5-6,9-10,13-15,23H,4,7-8,11-12H2,1-3H3. The van der Waals surface area contributed by atoms with Crippen molar-refractivity contribution in [1.29, 1.82) is 0 Å². The van der Waals surface area contributed by atoms with Crippen LogP contribution in [0.2, 0.25) is 0 Å². The highest BCUT2D eigenvalue weighted by molar-refractivity contribution is 5.51. The van der Waals surface area contributed by atoms with Gasteiger partial charge >= 0.3 is 0 Å². The van der Waals surface area contributed by atoms with Crippen LogP contribution in [0.3, 0.4) is 0 Å². The van der Waals surface area contributed by atoms with Crippen molar-refractivity contribution < 1.29 is 0 Å².